The number of urea groups is 1. The lowest BCUT2D eigenvalue weighted by Crippen LogP contribution is -2.41. The van der Waals surface area contributed by atoms with Crippen LogP contribution in [0.1, 0.15) is 41.5 Å². The Morgan fingerprint density at radius 1 is 0.868 bits per heavy atom. The van der Waals surface area contributed by atoms with Crippen molar-refractivity contribution >= 4 is 29.7 Å². The number of nitrogens with zero attached hydrogens (tertiary/aromatic N) is 4. The zero-order valence-electron chi connectivity index (χ0n) is 22.5. The van der Waals surface area contributed by atoms with Crippen molar-refractivity contribution in [2.45, 2.75) is 47.1 Å². The van der Waals surface area contributed by atoms with Crippen LogP contribution in [0.25, 0.3) is 11.3 Å². The fourth-order valence-corrected chi connectivity index (χ4v) is 2.88. The van der Waals surface area contributed by atoms with Crippen LogP contribution < -0.4 is 20.3 Å². The summed E-state index contributed by atoms with van der Waals surface area (Å²) in [6, 6.07) is 9.47. The smallest absolute Gasteiger partial charge is 0.415 e. The number of nitrogens with one attached hydrogen (secondary N) is 2. The highest BCUT2D eigenvalue weighted by Crippen LogP contribution is 2.26. The fourth-order valence-electron chi connectivity index (χ4n) is 2.88. The highest BCUT2D eigenvalue weighted by Gasteiger charge is 2.23. The Labute approximate surface area is 221 Å². The van der Waals surface area contributed by atoms with Crippen molar-refractivity contribution in [3.8, 4) is 22.8 Å². The van der Waals surface area contributed by atoms with Crippen molar-refractivity contribution in [1.82, 2.24) is 20.3 Å². The van der Waals surface area contributed by atoms with Crippen LogP contribution in [-0.4, -0.2) is 45.6 Å². The van der Waals surface area contributed by atoms with E-state index >= 15 is 0 Å². The molecule has 0 unspecified atom stereocenters. The first kappa shape index (κ1) is 28.0. The summed E-state index contributed by atoms with van der Waals surface area (Å²) in [6.45, 7) is 10.5. The highest BCUT2D eigenvalue weighted by atomic mass is 16.6. The molecule has 0 fully saturated rings. The summed E-state index contributed by atoms with van der Waals surface area (Å²) in [5.74, 6) is 1.25. The second-order valence-corrected chi connectivity index (χ2v) is 10.5. The second-order valence-electron chi connectivity index (χ2n) is 10.5. The maximum absolute atomic E-state index is 12.3. The lowest BCUT2D eigenvalue weighted by atomic mass is 9.96. The van der Waals surface area contributed by atoms with Crippen LogP contribution in [0.15, 0.2) is 55.0 Å². The number of pyridine rings is 3. The van der Waals surface area contributed by atoms with Crippen LogP contribution in [-0.2, 0) is 9.53 Å². The number of anilines is 2. The van der Waals surface area contributed by atoms with Gasteiger partial charge in [-0.05, 0) is 51.1 Å². The topological polar surface area (TPSA) is 136 Å². The van der Waals surface area contributed by atoms with E-state index in [4.69, 9.17) is 9.47 Å². The molecule has 11 heteroatoms. The number of carbonyl (C=O) groups is 3. The predicted octanol–water partition coefficient (Wildman–Crippen LogP) is 5.40. The summed E-state index contributed by atoms with van der Waals surface area (Å²) in [5, 5.41) is 4.78. The summed E-state index contributed by atoms with van der Waals surface area (Å²) < 4.78 is 11.2. The molecule has 11 nitrogen and oxygen atoms in total. The quantitative estimate of drug-likeness (QED) is 0.457. The minimum Gasteiger partial charge on any atom is -0.456 e. The summed E-state index contributed by atoms with van der Waals surface area (Å²) in [6.07, 6.45) is 4.16. The van der Waals surface area contributed by atoms with Gasteiger partial charge in [-0.1, -0.05) is 20.8 Å². The molecular formula is C27H32N6O5. The van der Waals surface area contributed by atoms with Crippen molar-refractivity contribution < 1.29 is 23.9 Å². The van der Waals surface area contributed by atoms with Gasteiger partial charge < -0.3 is 9.47 Å². The first-order valence-corrected chi connectivity index (χ1v) is 11.9. The Morgan fingerprint density at radius 2 is 1.61 bits per heavy atom. The number of aromatic nitrogens is 3. The molecule has 38 heavy (non-hydrogen) atoms. The van der Waals surface area contributed by atoms with E-state index in [2.05, 4.69) is 25.6 Å². The minimum atomic E-state index is -0.694. The maximum Gasteiger partial charge on any atom is 0.415 e. The van der Waals surface area contributed by atoms with E-state index in [1.165, 1.54) is 11.1 Å². The van der Waals surface area contributed by atoms with Gasteiger partial charge >= 0.3 is 12.1 Å². The molecule has 0 bridgehead atoms. The Kier molecular flexibility index (Phi) is 8.29. The van der Waals surface area contributed by atoms with Gasteiger partial charge in [-0.3, -0.25) is 25.3 Å². The number of hydrogen-bond donors (Lipinski definition) is 2. The number of ether oxygens (including phenoxy) is 2. The largest absolute Gasteiger partial charge is 0.456 e. The van der Waals surface area contributed by atoms with Gasteiger partial charge in [-0.25, -0.2) is 19.6 Å². The van der Waals surface area contributed by atoms with Gasteiger partial charge in [0, 0.05) is 36.5 Å². The average Bonchev–Trinajstić information content (AvgIpc) is 2.83. The maximum atomic E-state index is 12.3. The second kappa shape index (κ2) is 11.2. The number of amides is 4. The van der Waals surface area contributed by atoms with Crippen molar-refractivity contribution in [2.75, 3.05) is 17.3 Å². The Balaban J connectivity index is 1.63. The third-order valence-electron chi connectivity index (χ3n) is 4.91. The third kappa shape index (κ3) is 7.99. The van der Waals surface area contributed by atoms with E-state index in [0.29, 0.717) is 23.0 Å². The number of imide groups is 1. The van der Waals surface area contributed by atoms with Crippen LogP contribution >= 0.6 is 0 Å². The van der Waals surface area contributed by atoms with E-state index < -0.39 is 29.0 Å². The van der Waals surface area contributed by atoms with Gasteiger partial charge in [0.05, 0.1) is 11.9 Å². The number of hydrogen-bond acceptors (Lipinski definition) is 8. The molecule has 0 saturated heterocycles. The molecule has 2 N–H and O–H groups in total. The van der Waals surface area contributed by atoms with E-state index in [0.717, 1.165) is 5.56 Å². The molecule has 3 aromatic rings. The van der Waals surface area contributed by atoms with Crippen LogP contribution in [0.3, 0.4) is 0 Å². The van der Waals surface area contributed by atoms with Gasteiger partial charge in [0.2, 0.25) is 5.91 Å². The molecule has 3 heterocycles. The molecule has 0 atom stereocenters. The highest BCUT2D eigenvalue weighted by molar-refractivity contribution is 6.02. The van der Waals surface area contributed by atoms with Crippen LogP contribution in [0.2, 0.25) is 0 Å². The fraction of sp³-hybridized carbons (Fsp3) is 0.333. The van der Waals surface area contributed by atoms with E-state index in [-0.39, 0.29) is 5.82 Å². The molecule has 0 aliphatic heterocycles. The SMILES string of the molecule is CN(C(=O)OC(C)(C)C)c1ccc(-c2cc(Oc3ccc(NC(=O)NC(=O)C(C)(C)C)nc3)ccn2)cn1. The van der Waals surface area contributed by atoms with Crippen molar-refractivity contribution in [3.63, 3.8) is 0 Å². The predicted molar refractivity (Wildman–Crippen MR) is 143 cm³/mol. The Bertz CT molecular complexity index is 1300. The van der Waals surface area contributed by atoms with Crippen LogP contribution in [0.5, 0.6) is 11.5 Å². The standard InChI is InChI=1S/C27H32N6O5/c1-26(2,3)23(34)32-24(35)31-21-10-9-19(16-29-21)37-18-12-13-28-20(14-18)17-8-11-22(30-15-17)33(7)25(36)38-27(4,5)6/h8-16H,1-7H3,(H2,29,31,32,34,35). The molecule has 0 spiro atoms. The van der Waals surface area contributed by atoms with Gasteiger partial charge in [-0.2, -0.15) is 0 Å². The molecule has 0 aromatic carbocycles. The van der Waals surface area contributed by atoms with Crippen LogP contribution in [0.4, 0.5) is 21.2 Å². The van der Waals surface area contributed by atoms with Crippen LogP contribution in [0, 0.1) is 5.41 Å². The Morgan fingerprint density at radius 3 is 2.18 bits per heavy atom. The molecular weight excluding hydrogens is 488 g/mol. The summed E-state index contributed by atoms with van der Waals surface area (Å²) in [5.41, 5.74) is 0.0435. The summed E-state index contributed by atoms with van der Waals surface area (Å²) in [7, 11) is 1.59. The first-order valence-electron chi connectivity index (χ1n) is 11.9. The van der Waals surface area contributed by atoms with Gasteiger partial charge in [0.15, 0.2) is 0 Å². The summed E-state index contributed by atoms with van der Waals surface area (Å²) >= 11 is 0. The molecule has 3 aromatic heterocycles. The zero-order chi connectivity index (χ0) is 28.1. The average molecular weight is 521 g/mol. The molecule has 0 aliphatic rings. The van der Waals surface area contributed by atoms with E-state index in [1.807, 2.05) is 0 Å². The molecule has 3 rings (SSSR count). The number of rotatable bonds is 5. The normalized spacial score (nSPS) is 11.3. The van der Waals surface area contributed by atoms with Gasteiger partial charge in [0.25, 0.3) is 0 Å². The van der Waals surface area contributed by atoms with Gasteiger partial charge in [0.1, 0.15) is 28.7 Å². The zero-order valence-corrected chi connectivity index (χ0v) is 22.5. The monoisotopic (exact) mass is 520 g/mol. The lowest BCUT2D eigenvalue weighted by molar-refractivity contribution is -0.127. The molecule has 200 valence electrons. The third-order valence-corrected chi connectivity index (χ3v) is 4.91. The van der Waals surface area contributed by atoms with Gasteiger partial charge in [-0.15, -0.1) is 0 Å². The molecule has 0 radical (unpaired) electrons. The molecule has 0 aliphatic carbocycles. The molecule has 0 saturated carbocycles. The first-order chi connectivity index (χ1) is 17.7. The summed E-state index contributed by atoms with van der Waals surface area (Å²) in [4.78, 5) is 50.4. The van der Waals surface area contributed by atoms with Crippen molar-refractivity contribution in [1.29, 1.82) is 0 Å². The Hall–Kier alpha value is -4.54. The van der Waals surface area contributed by atoms with Crippen molar-refractivity contribution in [2.24, 2.45) is 5.41 Å². The lowest BCUT2D eigenvalue weighted by Gasteiger charge is -2.24. The van der Waals surface area contributed by atoms with E-state index in [1.54, 1.807) is 97.4 Å². The molecule has 4 amide bonds. The van der Waals surface area contributed by atoms with Crippen molar-refractivity contribution in [3.05, 3.63) is 55.0 Å². The van der Waals surface area contributed by atoms with E-state index in [9.17, 15) is 14.4 Å². The minimum absolute atomic E-state index is 0.259. The number of carbonyl (C=O) groups excluding carboxylic acids is 3.